The minimum absolute atomic E-state index is 0.578. The van der Waals surface area contributed by atoms with Gasteiger partial charge in [-0.3, -0.25) is 0 Å². The smallest absolute Gasteiger partial charge is 0.119 e. The predicted octanol–water partition coefficient (Wildman–Crippen LogP) is 2.91. The number of hydrogen-bond donors (Lipinski definition) is 1. The number of benzene rings is 1. The van der Waals surface area contributed by atoms with E-state index in [9.17, 15) is 0 Å². The molecule has 2 rings (SSSR count). The zero-order chi connectivity index (χ0) is 13.7. The molecule has 3 nitrogen and oxygen atoms in total. The minimum atomic E-state index is 0.578. The second-order valence-corrected chi connectivity index (χ2v) is 5.53. The van der Waals surface area contributed by atoms with Crippen LogP contribution >= 0.6 is 0 Å². The molecule has 0 aliphatic carbocycles. The molecule has 1 fully saturated rings. The third-order valence-electron chi connectivity index (χ3n) is 3.75. The highest BCUT2D eigenvalue weighted by Crippen LogP contribution is 2.21. The van der Waals surface area contributed by atoms with E-state index in [1.165, 1.54) is 12.1 Å². The zero-order valence-corrected chi connectivity index (χ0v) is 12.4. The first-order chi connectivity index (χ1) is 9.20. The maximum absolute atomic E-state index is 5.50. The first kappa shape index (κ1) is 14.2. The van der Waals surface area contributed by atoms with Crippen molar-refractivity contribution in [1.82, 2.24) is 5.32 Å². The third-order valence-corrected chi connectivity index (χ3v) is 3.75. The number of nitrogens with one attached hydrogen (secondary N) is 1. The Balaban J connectivity index is 2.06. The molecule has 0 amide bonds. The lowest BCUT2D eigenvalue weighted by Crippen LogP contribution is -2.41. The summed E-state index contributed by atoms with van der Waals surface area (Å²) in [6.07, 6.45) is 1.20. The summed E-state index contributed by atoms with van der Waals surface area (Å²) in [5, 5.41) is 3.65. The molecule has 19 heavy (non-hydrogen) atoms. The van der Waals surface area contributed by atoms with Gasteiger partial charge in [0.05, 0.1) is 6.61 Å². The van der Waals surface area contributed by atoms with E-state index in [2.05, 4.69) is 48.3 Å². The molecule has 1 N–H and O–H groups in total. The van der Waals surface area contributed by atoms with Crippen LogP contribution in [0.25, 0.3) is 0 Å². The highest BCUT2D eigenvalue weighted by Gasteiger charge is 2.20. The standard InChI is InChI=1S/C16H26N2O/c1-4-19-15-8-6-14(7-9-15)18-11-5-10-17-16(12-18)13(2)3/h6-9,13,16-17H,4-5,10-12H2,1-3H3. The van der Waals surface area contributed by atoms with Gasteiger partial charge >= 0.3 is 0 Å². The average molecular weight is 262 g/mol. The van der Waals surface area contributed by atoms with Crippen molar-refractivity contribution in [3.63, 3.8) is 0 Å². The maximum Gasteiger partial charge on any atom is 0.119 e. The van der Waals surface area contributed by atoms with Crippen molar-refractivity contribution >= 4 is 5.69 Å². The van der Waals surface area contributed by atoms with E-state index in [1.54, 1.807) is 0 Å². The van der Waals surface area contributed by atoms with Gasteiger partial charge in [-0.1, -0.05) is 13.8 Å². The molecule has 1 aliphatic rings. The Morgan fingerprint density at radius 2 is 2.05 bits per heavy atom. The lowest BCUT2D eigenvalue weighted by Gasteiger charge is -2.28. The molecular weight excluding hydrogens is 236 g/mol. The largest absolute Gasteiger partial charge is 0.494 e. The van der Waals surface area contributed by atoms with Crippen molar-refractivity contribution in [3.8, 4) is 5.75 Å². The monoisotopic (exact) mass is 262 g/mol. The van der Waals surface area contributed by atoms with E-state index in [0.29, 0.717) is 12.0 Å². The van der Waals surface area contributed by atoms with Crippen molar-refractivity contribution in [3.05, 3.63) is 24.3 Å². The molecule has 3 heteroatoms. The number of anilines is 1. The fourth-order valence-electron chi connectivity index (χ4n) is 2.55. The molecule has 0 saturated carbocycles. The summed E-state index contributed by atoms with van der Waals surface area (Å²) in [5.41, 5.74) is 1.30. The molecule has 0 aromatic heterocycles. The molecule has 0 bridgehead atoms. The van der Waals surface area contributed by atoms with Gasteiger partial charge in [0.15, 0.2) is 0 Å². The van der Waals surface area contributed by atoms with Crippen molar-refractivity contribution in [2.75, 3.05) is 31.1 Å². The van der Waals surface area contributed by atoms with Gasteiger partial charge in [-0.15, -0.1) is 0 Å². The van der Waals surface area contributed by atoms with Gasteiger partial charge in [0, 0.05) is 24.8 Å². The van der Waals surface area contributed by atoms with Gasteiger partial charge in [-0.2, -0.15) is 0 Å². The van der Waals surface area contributed by atoms with Crippen LogP contribution < -0.4 is 15.0 Å². The molecule has 1 aliphatic heterocycles. The minimum Gasteiger partial charge on any atom is -0.494 e. The molecule has 1 aromatic carbocycles. The number of nitrogens with zero attached hydrogens (tertiary/aromatic N) is 1. The Kier molecular flexibility index (Phi) is 5.08. The molecule has 1 saturated heterocycles. The van der Waals surface area contributed by atoms with Crippen molar-refractivity contribution < 1.29 is 4.74 Å². The van der Waals surface area contributed by atoms with Gasteiger partial charge in [-0.05, 0) is 50.1 Å². The lowest BCUT2D eigenvalue weighted by molar-refractivity contribution is 0.340. The Labute approximate surface area is 116 Å². The van der Waals surface area contributed by atoms with Crippen molar-refractivity contribution in [1.29, 1.82) is 0 Å². The molecule has 106 valence electrons. The van der Waals surface area contributed by atoms with E-state index in [4.69, 9.17) is 4.74 Å². The first-order valence-corrected chi connectivity index (χ1v) is 7.42. The Bertz CT molecular complexity index is 375. The molecule has 0 spiro atoms. The van der Waals surface area contributed by atoms with Gasteiger partial charge in [0.1, 0.15) is 5.75 Å². The van der Waals surface area contributed by atoms with Crippen LogP contribution in [0.2, 0.25) is 0 Å². The van der Waals surface area contributed by atoms with Gasteiger partial charge in [-0.25, -0.2) is 0 Å². The molecule has 1 unspecified atom stereocenters. The predicted molar refractivity (Wildman–Crippen MR) is 81.1 cm³/mol. The van der Waals surface area contributed by atoms with Crippen molar-refractivity contribution in [2.45, 2.75) is 33.2 Å². The summed E-state index contributed by atoms with van der Waals surface area (Å²) in [5.74, 6) is 1.63. The second kappa shape index (κ2) is 6.80. The summed E-state index contributed by atoms with van der Waals surface area (Å²) in [6, 6.07) is 9.07. The fourth-order valence-corrected chi connectivity index (χ4v) is 2.55. The summed E-state index contributed by atoms with van der Waals surface area (Å²) < 4.78 is 5.50. The quantitative estimate of drug-likeness (QED) is 0.903. The van der Waals surface area contributed by atoms with E-state index in [-0.39, 0.29) is 0 Å². The maximum atomic E-state index is 5.50. The fraction of sp³-hybridized carbons (Fsp3) is 0.625. The van der Waals surface area contributed by atoms with Crippen molar-refractivity contribution in [2.24, 2.45) is 5.92 Å². The summed E-state index contributed by atoms with van der Waals surface area (Å²) >= 11 is 0. The Morgan fingerprint density at radius 3 is 2.68 bits per heavy atom. The van der Waals surface area contributed by atoms with E-state index in [0.717, 1.165) is 32.0 Å². The Morgan fingerprint density at radius 1 is 1.32 bits per heavy atom. The van der Waals surface area contributed by atoms with Crippen LogP contribution in [0.5, 0.6) is 5.75 Å². The zero-order valence-electron chi connectivity index (χ0n) is 12.4. The Hall–Kier alpha value is -1.22. The SMILES string of the molecule is CCOc1ccc(N2CCCNC(C(C)C)C2)cc1. The summed E-state index contributed by atoms with van der Waals surface area (Å²) in [4.78, 5) is 2.49. The molecular formula is C16H26N2O. The normalized spacial score (nSPS) is 20.4. The summed E-state index contributed by atoms with van der Waals surface area (Å²) in [6.45, 7) is 10.7. The van der Waals surface area contributed by atoms with Crippen LogP contribution in [0.1, 0.15) is 27.2 Å². The van der Waals surface area contributed by atoms with Crippen LogP contribution in [-0.2, 0) is 0 Å². The third kappa shape index (κ3) is 3.87. The van der Waals surface area contributed by atoms with E-state index in [1.807, 2.05) is 6.92 Å². The van der Waals surface area contributed by atoms with Gasteiger partial charge in [0.2, 0.25) is 0 Å². The van der Waals surface area contributed by atoms with Crippen LogP contribution in [-0.4, -0.2) is 32.3 Å². The molecule has 0 radical (unpaired) electrons. The van der Waals surface area contributed by atoms with E-state index >= 15 is 0 Å². The highest BCUT2D eigenvalue weighted by atomic mass is 16.5. The summed E-state index contributed by atoms with van der Waals surface area (Å²) in [7, 11) is 0. The number of hydrogen-bond acceptors (Lipinski definition) is 3. The topological polar surface area (TPSA) is 24.5 Å². The average Bonchev–Trinajstić information content (AvgIpc) is 2.66. The molecule has 1 heterocycles. The molecule has 1 aromatic rings. The van der Waals surface area contributed by atoms with Gasteiger partial charge < -0.3 is 15.0 Å². The second-order valence-electron chi connectivity index (χ2n) is 5.53. The highest BCUT2D eigenvalue weighted by molar-refractivity contribution is 5.49. The number of ether oxygens (including phenoxy) is 1. The number of rotatable bonds is 4. The van der Waals surface area contributed by atoms with Crippen LogP contribution in [0.3, 0.4) is 0 Å². The van der Waals surface area contributed by atoms with Gasteiger partial charge in [0.25, 0.3) is 0 Å². The van der Waals surface area contributed by atoms with Crippen LogP contribution in [0.4, 0.5) is 5.69 Å². The van der Waals surface area contributed by atoms with Crippen LogP contribution in [0.15, 0.2) is 24.3 Å². The lowest BCUT2D eigenvalue weighted by atomic mass is 10.0. The van der Waals surface area contributed by atoms with Crippen LogP contribution in [0, 0.1) is 5.92 Å². The first-order valence-electron chi connectivity index (χ1n) is 7.42. The van der Waals surface area contributed by atoms with E-state index < -0.39 is 0 Å². The molecule has 1 atom stereocenters.